The number of anilines is 1. The SMILES string of the molecule is CC(C)(C)c1nc(-c2ccc(NC(=O)[C@@H]3CCC(=O)NC3)cc2)no1. The molecule has 2 aromatic rings. The third kappa shape index (κ3) is 4.04. The molecule has 1 aliphatic heterocycles. The van der Waals surface area contributed by atoms with Crippen molar-refractivity contribution < 1.29 is 14.1 Å². The number of nitrogens with one attached hydrogen (secondary N) is 2. The topological polar surface area (TPSA) is 97.1 Å². The van der Waals surface area contributed by atoms with E-state index in [0.717, 1.165) is 5.56 Å². The molecule has 1 atom stereocenters. The normalized spacial score (nSPS) is 17.9. The van der Waals surface area contributed by atoms with Gasteiger partial charge in [-0.15, -0.1) is 0 Å². The van der Waals surface area contributed by atoms with E-state index in [-0.39, 0.29) is 23.1 Å². The largest absolute Gasteiger partial charge is 0.355 e. The van der Waals surface area contributed by atoms with E-state index in [1.165, 1.54) is 0 Å². The predicted molar refractivity (Wildman–Crippen MR) is 92.8 cm³/mol. The Morgan fingerprint density at radius 1 is 1.28 bits per heavy atom. The van der Waals surface area contributed by atoms with E-state index >= 15 is 0 Å². The van der Waals surface area contributed by atoms with Gasteiger partial charge in [0.05, 0.1) is 5.92 Å². The molecule has 0 unspecified atom stereocenters. The number of carbonyl (C=O) groups is 2. The van der Waals surface area contributed by atoms with Gasteiger partial charge in [0.15, 0.2) is 0 Å². The van der Waals surface area contributed by atoms with Gasteiger partial charge < -0.3 is 15.2 Å². The molecule has 132 valence electrons. The lowest BCUT2D eigenvalue weighted by Crippen LogP contribution is -2.40. The van der Waals surface area contributed by atoms with Crippen molar-refractivity contribution in [2.45, 2.75) is 39.0 Å². The molecule has 3 rings (SSSR count). The van der Waals surface area contributed by atoms with E-state index in [0.29, 0.717) is 36.8 Å². The van der Waals surface area contributed by atoms with Crippen LogP contribution in [0.5, 0.6) is 0 Å². The summed E-state index contributed by atoms with van der Waals surface area (Å²) in [4.78, 5) is 27.8. The molecule has 1 aromatic heterocycles. The van der Waals surface area contributed by atoms with Crippen LogP contribution in [0.25, 0.3) is 11.4 Å². The van der Waals surface area contributed by atoms with Gasteiger partial charge in [-0.3, -0.25) is 9.59 Å². The first-order chi connectivity index (χ1) is 11.8. The Morgan fingerprint density at radius 2 is 2.00 bits per heavy atom. The fraction of sp³-hybridized carbons (Fsp3) is 0.444. The lowest BCUT2D eigenvalue weighted by Gasteiger charge is -2.21. The summed E-state index contributed by atoms with van der Waals surface area (Å²) in [6.45, 7) is 6.42. The van der Waals surface area contributed by atoms with Crippen LogP contribution in [0, 0.1) is 5.92 Å². The number of hydrogen-bond donors (Lipinski definition) is 2. The van der Waals surface area contributed by atoms with Gasteiger partial charge in [-0.05, 0) is 30.7 Å². The van der Waals surface area contributed by atoms with Crippen LogP contribution >= 0.6 is 0 Å². The summed E-state index contributed by atoms with van der Waals surface area (Å²) in [5.41, 5.74) is 1.32. The standard InChI is InChI=1S/C18H22N4O3/c1-18(2,3)17-21-15(22-25-17)11-4-7-13(8-5-11)20-16(24)12-6-9-14(23)19-10-12/h4-5,7-8,12H,6,9-10H2,1-3H3,(H,19,23)(H,20,24)/t12-/m1/s1. The van der Waals surface area contributed by atoms with Gasteiger partial charge in [-0.25, -0.2) is 0 Å². The second kappa shape index (κ2) is 6.66. The quantitative estimate of drug-likeness (QED) is 0.893. The number of aromatic nitrogens is 2. The van der Waals surface area contributed by atoms with Crippen LogP contribution in [0.4, 0.5) is 5.69 Å². The molecule has 0 saturated carbocycles. The van der Waals surface area contributed by atoms with Gasteiger partial charge in [0.1, 0.15) is 0 Å². The van der Waals surface area contributed by atoms with Crippen molar-refractivity contribution >= 4 is 17.5 Å². The lowest BCUT2D eigenvalue weighted by atomic mass is 9.97. The average Bonchev–Trinajstić information content (AvgIpc) is 3.06. The molecule has 1 saturated heterocycles. The number of carbonyl (C=O) groups excluding carboxylic acids is 2. The third-order valence-corrected chi connectivity index (χ3v) is 4.11. The maximum atomic E-state index is 12.2. The van der Waals surface area contributed by atoms with Gasteiger partial charge in [0.2, 0.25) is 23.5 Å². The lowest BCUT2D eigenvalue weighted by molar-refractivity contribution is -0.126. The molecule has 7 nitrogen and oxygen atoms in total. The third-order valence-electron chi connectivity index (χ3n) is 4.11. The zero-order chi connectivity index (χ0) is 18.0. The van der Waals surface area contributed by atoms with Crippen molar-refractivity contribution in [3.63, 3.8) is 0 Å². The number of benzene rings is 1. The van der Waals surface area contributed by atoms with Crippen molar-refractivity contribution in [3.05, 3.63) is 30.2 Å². The van der Waals surface area contributed by atoms with Crippen molar-refractivity contribution in [1.29, 1.82) is 0 Å². The zero-order valence-electron chi connectivity index (χ0n) is 14.6. The number of nitrogens with zero attached hydrogens (tertiary/aromatic N) is 2. The molecule has 7 heteroatoms. The van der Waals surface area contributed by atoms with Gasteiger partial charge >= 0.3 is 0 Å². The molecule has 25 heavy (non-hydrogen) atoms. The smallest absolute Gasteiger partial charge is 0.232 e. The van der Waals surface area contributed by atoms with Gasteiger partial charge in [0, 0.05) is 29.6 Å². The summed E-state index contributed by atoms with van der Waals surface area (Å²) in [6.07, 6.45) is 0.971. The zero-order valence-corrected chi connectivity index (χ0v) is 14.6. The van der Waals surface area contributed by atoms with E-state index in [9.17, 15) is 9.59 Å². The highest BCUT2D eigenvalue weighted by Crippen LogP contribution is 2.25. The molecular formula is C18H22N4O3. The van der Waals surface area contributed by atoms with Crippen LogP contribution < -0.4 is 10.6 Å². The summed E-state index contributed by atoms with van der Waals surface area (Å²) in [5.74, 6) is 0.839. The van der Waals surface area contributed by atoms with Crippen LogP contribution in [0.3, 0.4) is 0 Å². The van der Waals surface area contributed by atoms with Crippen LogP contribution in [0.1, 0.15) is 39.5 Å². The summed E-state index contributed by atoms with van der Waals surface area (Å²) in [7, 11) is 0. The Labute approximate surface area is 146 Å². The molecule has 0 aliphatic carbocycles. The highest BCUT2D eigenvalue weighted by atomic mass is 16.5. The van der Waals surface area contributed by atoms with Crippen LogP contribution in [-0.4, -0.2) is 28.5 Å². The second-order valence-electron chi connectivity index (χ2n) is 7.28. The molecule has 2 N–H and O–H groups in total. The molecule has 0 spiro atoms. The Kier molecular flexibility index (Phi) is 4.57. The Hall–Kier alpha value is -2.70. The van der Waals surface area contributed by atoms with Crippen molar-refractivity contribution in [3.8, 4) is 11.4 Å². The number of piperidine rings is 1. The Balaban J connectivity index is 1.65. The molecule has 2 heterocycles. The average molecular weight is 342 g/mol. The predicted octanol–water partition coefficient (Wildman–Crippen LogP) is 2.50. The second-order valence-corrected chi connectivity index (χ2v) is 7.28. The number of rotatable bonds is 3. The van der Waals surface area contributed by atoms with Gasteiger partial charge in [0.25, 0.3) is 0 Å². The Bertz CT molecular complexity index is 764. The van der Waals surface area contributed by atoms with Crippen molar-refractivity contribution in [2.75, 3.05) is 11.9 Å². The number of amides is 2. The minimum absolute atomic E-state index is 0.00291. The van der Waals surface area contributed by atoms with Crippen LogP contribution in [0.15, 0.2) is 28.8 Å². The number of hydrogen-bond acceptors (Lipinski definition) is 5. The van der Waals surface area contributed by atoms with E-state index in [4.69, 9.17) is 4.52 Å². The molecule has 1 fully saturated rings. The maximum Gasteiger partial charge on any atom is 0.232 e. The summed E-state index contributed by atoms with van der Waals surface area (Å²) < 4.78 is 5.30. The van der Waals surface area contributed by atoms with E-state index in [2.05, 4.69) is 20.8 Å². The highest BCUT2D eigenvalue weighted by molar-refractivity contribution is 5.94. The minimum atomic E-state index is -0.200. The summed E-state index contributed by atoms with van der Waals surface area (Å²) in [6, 6.07) is 7.30. The Morgan fingerprint density at radius 3 is 2.56 bits per heavy atom. The molecule has 0 radical (unpaired) electrons. The molecule has 0 bridgehead atoms. The maximum absolute atomic E-state index is 12.2. The fourth-order valence-electron chi connectivity index (χ4n) is 2.55. The first-order valence-electron chi connectivity index (χ1n) is 8.35. The molecule has 2 amide bonds. The fourth-order valence-corrected chi connectivity index (χ4v) is 2.55. The van der Waals surface area contributed by atoms with Gasteiger partial charge in [-0.2, -0.15) is 4.98 Å². The first kappa shape index (κ1) is 17.1. The summed E-state index contributed by atoms with van der Waals surface area (Å²) >= 11 is 0. The van der Waals surface area contributed by atoms with Crippen molar-refractivity contribution in [1.82, 2.24) is 15.5 Å². The summed E-state index contributed by atoms with van der Waals surface area (Å²) in [5, 5.41) is 9.61. The first-order valence-corrected chi connectivity index (χ1v) is 8.35. The van der Waals surface area contributed by atoms with E-state index < -0.39 is 0 Å². The van der Waals surface area contributed by atoms with Crippen LogP contribution in [-0.2, 0) is 15.0 Å². The monoisotopic (exact) mass is 342 g/mol. The van der Waals surface area contributed by atoms with E-state index in [1.54, 1.807) is 0 Å². The molecular weight excluding hydrogens is 320 g/mol. The highest BCUT2D eigenvalue weighted by Gasteiger charge is 2.25. The minimum Gasteiger partial charge on any atom is -0.355 e. The molecule has 1 aliphatic rings. The molecule has 1 aromatic carbocycles. The van der Waals surface area contributed by atoms with Crippen molar-refractivity contribution in [2.24, 2.45) is 5.92 Å². The van der Waals surface area contributed by atoms with Crippen LogP contribution in [0.2, 0.25) is 0 Å². The van der Waals surface area contributed by atoms with Gasteiger partial charge in [-0.1, -0.05) is 25.9 Å². The van der Waals surface area contributed by atoms with E-state index in [1.807, 2.05) is 45.0 Å².